The van der Waals surface area contributed by atoms with Crippen LogP contribution in [-0.2, 0) is 4.79 Å². The van der Waals surface area contributed by atoms with E-state index in [1.54, 1.807) is 12.1 Å². The van der Waals surface area contributed by atoms with Gasteiger partial charge in [-0.3, -0.25) is 14.9 Å². The van der Waals surface area contributed by atoms with E-state index in [1.807, 2.05) is 36.4 Å². The zero-order chi connectivity index (χ0) is 13.9. The number of carbonyl (C=O) groups excluding carboxylic acids is 1. The van der Waals surface area contributed by atoms with Crippen molar-refractivity contribution in [3.05, 3.63) is 31.9 Å². The lowest BCUT2D eigenvalue weighted by atomic mass is 10.0. The molecule has 0 aromatic heterocycles. The van der Waals surface area contributed by atoms with E-state index in [0.29, 0.717) is 9.26 Å². The van der Waals surface area contributed by atoms with Gasteiger partial charge in [0.15, 0.2) is 0 Å². The lowest BCUT2D eigenvalue weighted by molar-refractivity contribution is -0.385. The van der Waals surface area contributed by atoms with Crippen LogP contribution in [0.4, 0.5) is 11.4 Å². The highest BCUT2D eigenvalue weighted by Crippen LogP contribution is 2.25. The Morgan fingerprint density at radius 3 is 2.50 bits per heavy atom. The molecule has 1 aromatic carbocycles. The van der Waals surface area contributed by atoms with Gasteiger partial charge in [0.1, 0.15) is 6.04 Å². The van der Waals surface area contributed by atoms with Crippen molar-refractivity contribution in [3.63, 3.8) is 0 Å². The molecule has 0 aliphatic carbocycles. The molecule has 1 amide bonds. The van der Waals surface area contributed by atoms with E-state index in [-0.39, 0.29) is 11.6 Å². The number of halogens is 1. The Labute approximate surface area is 118 Å². The van der Waals surface area contributed by atoms with E-state index in [2.05, 4.69) is 5.32 Å². The zero-order valence-electron chi connectivity index (χ0n) is 10.0. The maximum absolute atomic E-state index is 11.3. The first-order valence-corrected chi connectivity index (χ1v) is 6.40. The summed E-state index contributed by atoms with van der Waals surface area (Å²) in [6.45, 7) is 3.75. The number of primary amides is 1. The summed E-state index contributed by atoms with van der Waals surface area (Å²) in [5, 5.41) is 13.7. The molecule has 18 heavy (non-hydrogen) atoms. The summed E-state index contributed by atoms with van der Waals surface area (Å²) >= 11 is 1.88. The van der Waals surface area contributed by atoms with E-state index in [0.717, 1.165) is 0 Å². The van der Waals surface area contributed by atoms with Gasteiger partial charge in [-0.1, -0.05) is 13.8 Å². The maximum atomic E-state index is 11.3. The van der Waals surface area contributed by atoms with E-state index in [4.69, 9.17) is 5.73 Å². The van der Waals surface area contributed by atoms with Crippen LogP contribution in [0.1, 0.15) is 13.8 Å². The molecule has 0 saturated carbocycles. The van der Waals surface area contributed by atoms with Crippen LogP contribution < -0.4 is 11.1 Å². The van der Waals surface area contributed by atoms with Gasteiger partial charge in [0.05, 0.1) is 8.49 Å². The van der Waals surface area contributed by atoms with Crippen molar-refractivity contribution in [1.82, 2.24) is 0 Å². The second-order valence-corrected chi connectivity index (χ2v) is 5.35. The Balaban J connectivity index is 2.95. The molecule has 0 aliphatic heterocycles. The molecule has 0 spiro atoms. The van der Waals surface area contributed by atoms with Gasteiger partial charge < -0.3 is 11.1 Å². The van der Waals surface area contributed by atoms with Gasteiger partial charge in [-0.05, 0) is 40.6 Å². The Kier molecular flexibility index (Phi) is 4.88. The summed E-state index contributed by atoms with van der Waals surface area (Å²) in [7, 11) is 0. The second kappa shape index (κ2) is 5.98. The van der Waals surface area contributed by atoms with E-state index in [1.165, 1.54) is 6.07 Å². The molecule has 7 heteroatoms. The summed E-state index contributed by atoms with van der Waals surface area (Å²) < 4.78 is 0.509. The molecule has 0 heterocycles. The van der Waals surface area contributed by atoms with Crippen molar-refractivity contribution in [1.29, 1.82) is 0 Å². The number of amides is 1. The van der Waals surface area contributed by atoms with Gasteiger partial charge in [0.2, 0.25) is 5.91 Å². The van der Waals surface area contributed by atoms with Crippen molar-refractivity contribution in [3.8, 4) is 0 Å². The van der Waals surface area contributed by atoms with Crippen molar-refractivity contribution in [2.24, 2.45) is 11.7 Å². The highest BCUT2D eigenvalue weighted by molar-refractivity contribution is 14.1. The minimum atomic E-state index is -0.498. The van der Waals surface area contributed by atoms with Gasteiger partial charge in [-0.25, -0.2) is 0 Å². The first-order chi connectivity index (χ1) is 8.32. The minimum Gasteiger partial charge on any atom is -0.373 e. The first kappa shape index (κ1) is 14.7. The second-order valence-electron chi connectivity index (χ2n) is 4.19. The lowest BCUT2D eigenvalue weighted by Crippen LogP contribution is -2.39. The summed E-state index contributed by atoms with van der Waals surface area (Å²) in [5.74, 6) is -0.409. The van der Waals surface area contributed by atoms with Gasteiger partial charge in [0, 0.05) is 11.8 Å². The Morgan fingerprint density at radius 2 is 2.11 bits per heavy atom. The van der Waals surface area contributed by atoms with Crippen LogP contribution in [0.15, 0.2) is 18.2 Å². The summed E-state index contributed by atoms with van der Waals surface area (Å²) in [6.07, 6.45) is 0. The molecule has 3 N–H and O–H groups in total. The van der Waals surface area contributed by atoms with E-state index < -0.39 is 16.9 Å². The van der Waals surface area contributed by atoms with Gasteiger partial charge in [-0.15, -0.1) is 0 Å². The maximum Gasteiger partial charge on any atom is 0.282 e. The lowest BCUT2D eigenvalue weighted by Gasteiger charge is -2.20. The van der Waals surface area contributed by atoms with Gasteiger partial charge in [-0.2, -0.15) is 0 Å². The van der Waals surface area contributed by atoms with Crippen LogP contribution in [0, 0.1) is 19.6 Å². The Hall–Kier alpha value is -1.38. The molecular weight excluding hydrogens is 349 g/mol. The monoisotopic (exact) mass is 363 g/mol. The third-order valence-corrected chi connectivity index (χ3v) is 3.30. The normalized spacial score (nSPS) is 12.2. The van der Waals surface area contributed by atoms with Crippen LogP contribution in [-0.4, -0.2) is 16.9 Å². The highest BCUT2D eigenvalue weighted by Gasteiger charge is 2.20. The van der Waals surface area contributed by atoms with Crippen LogP contribution in [0.3, 0.4) is 0 Å². The van der Waals surface area contributed by atoms with Crippen LogP contribution in [0.5, 0.6) is 0 Å². The smallest absolute Gasteiger partial charge is 0.282 e. The van der Waals surface area contributed by atoms with Crippen LogP contribution in [0.2, 0.25) is 0 Å². The van der Waals surface area contributed by atoms with Crippen molar-refractivity contribution >= 4 is 39.9 Å². The van der Waals surface area contributed by atoms with Crippen LogP contribution in [0.25, 0.3) is 0 Å². The Bertz CT molecular complexity index is 477. The molecule has 1 atom stereocenters. The van der Waals surface area contributed by atoms with Crippen molar-refractivity contribution in [2.75, 3.05) is 5.32 Å². The largest absolute Gasteiger partial charge is 0.373 e. The predicted octanol–water partition coefficient (Wildman–Crippen LogP) is 2.12. The SMILES string of the molecule is CC(C)C(Nc1ccc([N+](=O)[O-])c(I)c1)C(N)=O. The number of anilines is 1. The van der Waals surface area contributed by atoms with Gasteiger partial charge >= 0.3 is 0 Å². The molecule has 0 saturated heterocycles. The molecular formula is C11H14IN3O3. The molecule has 0 fully saturated rings. The molecule has 98 valence electrons. The third-order valence-electron chi connectivity index (χ3n) is 2.44. The van der Waals surface area contributed by atoms with Crippen molar-refractivity contribution < 1.29 is 9.72 Å². The zero-order valence-corrected chi connectivity index (χ0v) is 12.2. The van der Waals surface area contributed by atoms with Crippen molar-refractivity contribution in [2.45, 2.75) is 19.9 Å². The fraction of sp³-hybridized carbons (Fsp3) is 0.364. The molecule has 6 nitrogen and oxygen atoms in total. The summed E-state index contributed by atoms with van der Waals surface area (Å²) in [4.78, 5) is 21.5. The number of nitrogens with one attached hydrogen (secondary N) is 1. The average molecular weight is 363 g/mol. The number of nitro benzene ring substituents is 1. The molecule has 0 radical (unpaired) electrons. The quantitative estimate of drug-likeness (QED) is 0.476. The molecule has 0 bridgehead atoms. The van der Waals surface area contributed by atoms with Gasteiger partial charge in [0.25, 0.3) is 5.69 Å². The number of nitrogens with two attached hydrogens (primary N) is 1. The third kappa shape index (κ3) is 3.56. The fourth-order valence-corrected chi connectivity index (χ4v) is 2.20. The number of hydrogen-bond acceptors (Lipinski definition) is 4. The number of rotatable bonds is 5. The van der Waals surface area contributed by atoms with E-state index in [9.17, 15) is 14.9 Å². The minimum absolute atomic E-state index is 0.0374. The summed E-state index contributed by atoms with van der Waals surface area (Å²) in [5.41, 5.74) is 5.97. The fourth-order valence-electron chi connectivity index (χ4n) is 1.49. The average Bonchev–Trinajstić information content (AvgIpc) is 2.24. The number of hydrogen-bond donors (Lipinski definition) is 2. The number of nitrogens with zero attached hydrogens (tertiary/aromatic N) is 1. The molecule has 1 aromatic rings. The topological polar surface area (TPSA) is 98.3 Å². The number of benzene rings is 1. The summed E-state index contributed by atoms with van der Waals surface area (Å²) in [6, 6.07) is 4.10. The highest BCUT2D eigenvalue weighted by atomic mass is 127. The van der Waals surface area contributed by atoms with E-state index >= 15 is 0 Å². The van der Waals surface area contributed by atoms with Crippen LogP contribution >= 0.6 is 22.6 Å². The number of nitro groups is 1. The molecule has 0 aliphatic rings. The standard InChI is InChI=1S/C11H14IN3O3/c1-6(2)10(11(13)16)14-7-3-4-9(15(17)18)8(12)5-7/h3-6,10,14H,1-2H3,(H2,13,16). The molecule has 1 rings (SSSR count). The predicted molar refractivity (Wildman–Crippen MR) is 77.3 cm³/mol. The first-order valence-electron chi connectivity index (χ1n) is 5.32. The Morgan fingerprint density at radius 1 is 1.50 bits per heavy atom. The molecule has 1 unspecified atom stereocenters. The number of carbonyl (C=O) groups is 1.